The summed E-state index contributed by atoms with van der Waals surface area (Å²) < 4.78 is 0. The Balaban J connectivity index is 2.10. The highest BCUT2D eigenvalue weighted by molar-refractivity contribution is 5.99. The maximum Gasteiger partial charge on any atom is 0.246 e. The molecule has 9 N–H and O–H groups in total. The third-order valence-electron chi connectivity index (χ3n) is 10.8. The maximum atomic E-state index is 14.2. The second-order valence-corrected chi connectivity index (χ2v) is 16.9. The van der Waals surface area contributed by atoms with Crippen LogP contribution in [0.15, 0.2) is 30.3 Å². The molecule has 0 spiro atoms. The van der Waals surface area contributed by atoms with Gasteiger partial charge in [0.15, 0.2) is 0 Å². The average molecular weight is 843 g/mol. The first-order valence-corrected chi connectivity index (χ1v) is 21.0. The highest BCUT2D eigenvalue weighted by Gasteiger charge is 2.41. The highest BCUT2D eigenvalue weighted by atomic mass is 16.3. The van der Waals surface area contributed by atoms with Crippen molar-refractivity contribution in [1.82, 2.24) is 42.1 Å². The molecule has 60 heavy (non-hydrogen) atoms. The van der Waals surface area contributed by atoms with E-state index in [2.05, 4.69) is 37.2 Å². The minimum absolute atomic E-state index is 0.0848. The predicted octanol–water partition coefficient (Wildman–Crippen LogP) is -0.841. The van der Waals surface area contributed by atoms with Crippen LogP contribution in [0.25, 0.3) is 0 Å². The number of aliphatic hydroxyl groups is 2. The summed E-state index contributed by atoms with van der Waals surface area (Å²) in [7, 11) is 0. The van der Waals surface area contributed by atoms with E-state index in [0.29, 0.717) is 24.8 Å². The number of benzene rings is 1. The number of nitrogens with one attached hydrogen (secondary N) is 7. The SMILES string of the molecule is CCC(C)C1NC(=O)C(C)NC(=O)C(C(C)O)NC(=O)C(Cc2ccccc2)NC(=O)C(CO)NC(=O)C(CC(C)C)NC(=O)C(CC(C)C)NC(=O)C2CCCN2C1=O. The van der Waals surface area contributed by atoms with E-state index < -0.39 is 114 Å². The van der Waals surface area contributed by atoms with Gasteiger partial charge in [-0.3, -0.25) is 38.4 Å². The van der Waals surface area contributed by atoms with Gasteiger partial charge < -0.3 is 52.3 Å². The number of fused-ring (bicyclic) bond motifs is 1. The van der Waals surface area contributed by atoms with Crippen molar-refractivity contribution in [3.05, 3.63) is 35.9 Å². The van der Waals surface area contributed by atoms with Crippen LogP contribution in [0.1, 0.15) is 93.1 Å². The van der Waals surface area contributed by atoms with E-state index in [-0.39, 0.29) is 37.6 Å². The van der Waals surface area contributed by atoms with Gasteiger partial charge >= 0.3 is 0 Å². The standard InChI is InChI=1S/C42H66N8O10/c1-9-24(6)33-42(60)50-17-13-16-32(50)40(58)46-29(19-23(4)5)36(54)44-28(18-22(2)3)37(55)47-31(21-51)39(57)45-30(20-27-14-11-10-12-15-27)38(56)49-34(26(8)52)41(59)43-25(7)35(53)48-33/h10-12,14-15,22-26,28-34,51-52H,9,13,16-21H2,1-8H3,(H,43,59)(H,44,54)(H,45,57)(H,46,58)(H,47,55)(H,48,53)(H,49,56). The molecule has 10 atom stereocenters. The second kappa shape index (κ2) is 23.0. The van der Waals surface area contributed by atoms with Gasteiger partial charge in [-0.25, -0.2) is 0 Å². The predicted molar refractivity (Wildman–Crippen MR) is 221 cm³/mol. The van der Waals surface area contributed by atoms with Gasteiger partial charge in [0.2, 0.25) is 47.3 Å². The molecule has 18 heteroatoms. The lowest BCUT2D eigenvalue weighted by Gasteiger charge is -2.33. The summed E-state index contributed by atoms with van der Waals surface area (Å²) in [5.41, 5.74) is 0.604. The Kier molecular flexibility index (Phi) is 18.9. The molecule has 1 aromatic carbocycles. The van der Waals surface area contributed by atoms with Crippen molar-refractivity contribution in [3.8, 4) is 0 Å². The lowest BCUT2D eigenvalue weighted by atomic mass is 9.96. The van der Waals surface area contributed by atoms with Crippen LogP contribution in [0, 0.1) is 17.8 Å². The molecule has 2 saturated heterocycles. The monoisotopic (exact) mass is 842 g/mol. The molecule has 10 unspecified atom stereocenters. The minimum Gasteiger partial charge on any atom is -0.394 e. The van der Waals surface area contributed by atoms with Crippen molar-refractivity contribution in [2.24, 2.45) is 17.8 Å². The zero-order valence-corrected chi connectivity index (χ0v) is 36.1. The number of carbonyl (C=O) groups is 8. The van der Waals surface area contributed by atoms with E-state index in [1.807, 2.05) is 34.6 Å². The van der Waals surface area contributed by atoms with Gasteiger partial charge in [-0.1, -0.05) is 78.3 Å². The smallest absolute Gasteiger partial charge is 0.246 e. The fraction of sp³-hybridized carbons (Fsp3) is 0.667. The second-order valence-electron chi connectivity index (χ2n) is 16.9. The van der Waals surface area contributed by atoms with Crippen LogP contribution < -0.4 is 37.2 Å². The van der Waals surface area contributed by atoms with Gasteiger partial charge in [0.1, 0.15) is 48.3 Å². The zero-order chi connectivity index (χ0) is 44.8. The van der Waals surface area contributed by atoms with Gasteiger partial charge in [0, 0.05) is 13.0 Å². The van der Waals surface area contributed by atoms with Crippen LogP contribution in [0.5, 0.6) is 0 Å². The molecule has 0 radical (unpaired) electrons. The van der Waals surface area contributed by atoms with E-state index in [9.17, 15) is 48.6 Å². The molecule has 2 heterocycles. The molecule has 0 bridgehead atoms. The number of rotatable bonds is 10. The van der Waals surface area contributed by atoms with Crippen molar-refractivity contribution < 1.29 is 48.6 Å². The molecule has 2 aliphatic heterocycles. The van der Waals surface area contributed by atoms with Crippen molar-refractivity contribution in [3.63, 3.8) is 0 Å². The topological polar surface area (TPSA) is 264 Å². The first-order chi connectivity index (χ1) is 28.3. The quantitative estimate of drug-likeness (QED) is 0.141. The van der Waals surface area contributed by atoms with Crippen molar-refractivity contribution in [1.29, 1.82) is 0 Å². The number of carbonyl (C=O) groups excluding carboxylic acids is 8. The lowest BCUT2D eigenvalue weighted by molar-refractivity contribution is -0.143. The van der Waals surface area contributed by atoms with Crippen LogP contribution >= 0.6 is 0 Å². The third-order valence-corrected chi connectivity index (χ3v) is 10.8. The molecule has 8 amide bonds. The molecule has 1 aromatic rings. The van der Waals surface area contributed by atoms with E-state index in [1.165, 1.54) is 18.7 Å². The molecular formula is C42H66N8O10. The molecule has 0 aliphatic carbocycles. The maximum absolute atomic E-state index is 14.2. The van der Waals surface area contributed by atoms with Crippen LogP contribution in [-0.4, -0.2) is 130 Å². The van der Waals surface area contributed by atoms with Gasteiger partial charge in [0.25, 0.3) is 0 Å². The molecular weight excluding hydrogens is 777 g/mol. The molecule has 18 nitrogen and oxygen atoms in total. The largest absolute Gasteiger partial charge is 0.394 e. The third kappa shape index (κ3) is 14.0. The van der Waals surface area contributed by atoms with E-state index in [1.54, 1.807) is 37.3 Å². The number of aliphatic hydroxyl groups excluding tert-OH is 2. The first-order valence-electron chi connectivity index (χ1n) is 21.0. The molecule has 0 aromatic heterocycles. The summed E-state index contributed by atoms with van der Waals surface area (Å²) in [6.45, 7) is 12.9. The van der Waals surface area contributed by atoms with E-state index in [0.717, 1.165) is 0 Å². The Morgan fingerprint density at radius 3 is 1.67 bits per heavy atom. The van der Waals surface area contributed by atoms with Crippen LogP contribution in [0.3, 0.4) is 0 Å². The number of nitrogens with zero attached hydrogens (tertiary/aromatic N) is 1. The lowest BCUT2D eigenvalue weighted by Crippen LogP contribution is -2.63. The Morgan fingerprint density at radius 2 is 1.13 bits per heavy atom. The molecule has 2 fully saturated rings. The Bertz CT molecular complexity index is 1670. The van der Waals surface area contributed by atoms with E-state index in [4.69, 9.17) is 0 Å². The number of amides is 8. The van der Waals surface area contributed by atoms with Gasteiger partial charge in [-0.05, 0) is 62.8 Å². The summed E-state index contributed by atoms with van der Waals surface area (Å²) in [5, 5.41) is 39.2. The molecule has 2 aliphatic rings. The Morgan fingerprint density at radius 1 is 0.633 bits per heavy atom. The minimum atomic E-state index is -1.61. The number of hydrogen-bond acceptors (Lipinski definition) is 10. The van der Waals surface area contributed by atoms with Gasteiger partial charge in [0.05, 0.1) is 12.7 Å². The fourth-order valence-electron chi connectivity index (χ4n) is 7.21. The molecule has 3 rings (SSSR count). The highest BCUT2D eigenvalue weighted by Crippen LogP contribution is 2.22. The summed E-state index contributed by atoms with van der Waals surface area (Å²) in [4.78, 5) is 112. The van der Waals surface area contributed by atoms with Gasteiger partial charge in [-0.15, -0.1) is 0 Å². The first kappa shape index (κ1) is 49.3. The van der Waals surface area contributed by atoms with Crippen LogP contribution in [-0.2, 0) is 44.8 Å². The normalized spacial score (nSPS) is 28.3. The zero-order valence-electron chi connectivity index (χ0n) is 36.1. The van der Waals surface area contributed by atoms with Crippen molar-refractivity contribution >= 4 is 47.3 Å². The average Bonchev–Trinajstić information content (AvgIpc) is 3.69. The van der Waals surface area contributed by atoms with Gasteiger partial charge in [-0.2, -0.15) is 0 Å². The summed E-state index contributed by atoms with van der Waals surface area (Å²) >= 11 is 0. The number of hydrogen-bond donors (Lipinski definition) is 9. The molecule has 0 saturated carbocycles. The summed E-state index contributed by atoms with van der Waals surface area (Å²) in [5.74, 6) is -6.69. The van der Waals surface area contributed by atoms with E-state index >= 15 is 0 Å². The van der Waals surface area contributed by atoms with Crippen molar-refractivity contribution in [2.45, 2.75) is 148 Å². The molecule has 334 valence electrons. The fourth-order valence-corrected chi connectivity index (χ4v) is 7.21. The summed E-state index contributed by atoms with van der Waals surface area (Å²) in [6.07, 6.45) is -0.0355. The van der Waals surface area contributed by atoms with Crippen LogP contribution in [0.2, 0.25) is 0 Å². The van der Waals surface area contributed by atoms with Crippen LogP contribution in [0.4, 0.5) is 0 Å². The van der Waals surface area contributed by atoms with Crippen molar-refractivity contribution in [2.75, 3.05) is 13.2 Å². The Labute approximate surface area is 352 Å². The Hall–Kier alpha value is -5.10. The summed E-state index contributed by atoms with van der Waals surface area (Å²) in [6, 6.07) is -1.66.